The fourth-order valence-corrected chi connectivity index (χ4v) is 1.89. The van der Waals surface area contributed by atoms with Gasteiger partial charge in [-0.05, 0) is 17.3 Å². The topological polar surface area (TPSA) is 9.23 Å². The first-order chi connectivity index (χ1) is 3.75. The van der Waals surface area contributed by atoms with Gasteiger partial charge >= 0.3 is 0 Å². The first-order valence-corrected chi connectivity index (χ1v) is 3.33. The maximum absolute atomic E-state index is 5.28. The van der Waals surface area contributed by atoms with Crippen molar-refractivity contribution in [3.05, 3.63) is 0 Å². The van der Waals surface area contributed by atoms with Gasteiger partial charge in [-0.3, -0.25) is 0 Å². The van der Waals surface area contributed by atoms with Crippen molar-refractivity contribution in [2.45, 2.75) is 13.8 Å². The zero-order chi connectivity index (χ0) is 5.78. The van der Waals surface area contributed by atoms with Crippen molar-refractivity contribution >= 4 is 0 Å². The van der Waals surface area contributed by atoms with Gasteiger partial charge in [-0.25, -0.2) is 0 Å². The third-order valence-electron chi connectivity index (χ3n) is 3.09. The Hall–Kier alpha value is -0.0400. The number of fused-ring (bicyclic) bond motifs is 1. The molecular formula is C7H12O. The van der Waals surface area contributed by atoms with Crippen LogP contribution in [-0.4, -0.2) is 13.2 Å². The van der Waals surface area contributed by atoms with Crippen LogP contribution in [0.4, 0.5) is 0 Å². The maximum atomic E-state index is 5.28. The van der Waals surface area contributed by atoms with Gasteiger partial charge in [0.1, 0.15) is 0 Å². The van der Waals surface area contributed by atoms with Gasteiger partial charge in [0.2, 0.25) is 0 Å². The van der Waals surface area contributed by atoms with Crippen LogP contribution in [0.5, 0.6) is 0 Å². The predicted molar refractivity (Wildman–Crippen MR) is 31.6 cm³/mol. The van der Waals surface area contributed by atoms with Gasteiger partial charge < -0.3 is 4.74 Å². The molecule has 0 radical (unpaired) electrons. The Morgan fingerprint density at radius 3 is 2.62 bits per heavy atom. The molecule has 46 valence electrons. The van der Waals surface area contributed by atoms with Gasteiger partial charge in [0.25, 0.3) is 0 Å². The lowest BCUT2D eigenvalue weighted by atomic mass is 10.1. The molecule has 0 spiro atoms. The molecule has 1 nitrogen and oxygen atoms in total. The Morgan fingerprint density at radius 2 is 2.38 bits per heavy atom. The van der Waals surface area contributed by atoms with E-state index in [2.05, 4.69) is 13.8 Å². The number of hydrogen-bond acceptors (Lipinski definition) is 1. The van der Waals surface area contributed by atoms with Crippen molar-refractivity contribution in [3.8, 4) is 0 Å². The van der Waals surface area contributed by atoms with Crippen LogP contribution < -0.4 is 0 Å². The molecule has 1 saturated heterocycles. The summed E-state index contributed by atoms with van der Waals surface area (Å²) in [7, 11) is 0. The summed E-state index contributed by atoms with van der Waals surface area (Å²) in [6, 6.07) is 0. The largest absolute Gasteiger partial charge is 0.381 e. The van der Waals surface area contributed by atoms with Crippen LogP contribution in [0.15, 0.2) is 0 Å². The summed E-state index contributed by atoms with van der Waals surface area (Å²) in [4.78, 5) is 0. The number of rotatable bonds is 0. The molecule has 0 bridgehead atoms. The molecule has 0 N–H and O–H groups in total. The second kappa shape index (κ2) is 1.10. The third-order valence-corrected chi connectivity index (χ3v) is 3.09. The van der Waals surface area contributed by atoms with Gasteiger partial charge in [-0.2, -0.15) is 0 Å². The molecule has 8 heavy (non-hydrogen) atoms. The summed E-state index contributed by atoms with van der Waals surface area (Å²) in [5.74, 6) is 1.85. The first-order valence-electron chi connectivity index (χ1n) is 3.33. The molecule has 0 aromatic heterocycles. The molecule has 2 rings (SSSR count). The molecule has 1 saturated carbocycles. The van der Waals surface area contributed by atoms with Crippen LogP contribution in [0.1, 0.15) is 13.8 Å². The minimum Gasteiger partial charge on any atom is -0.381 e. The second-order valence-corrected chi connectivity index (χ2v) is 3.42. The van der Waals surface area contributed by atoms with Gasteiger partial charge in [0.05, 0.1) is 13.2 Å². The van der Waals surface area contributed by atoms with E-state index in [0.29, 0.717) is 5.41 Å². The van der Waals surface area contributed by atoms with Crippen molar-refractivity contribution in [2.24, 2.45) is 17.3 Å². The smallest absolute Gasteiger partial charge is 0.0526 e. The third kappa shape index (κ3) is 0.334. The Morgan fingerprint density at radius 1 is 1.62 bits per heavy atom. The van der Waals surface area contributed by atoms with E-state index >= 15 is 0 Å². The molecule has 1 heteroatoms. The van der Waals surface area contributed by atoms with E-state index in [9.17, 15) is 0 Å². The summed E-state index contributed by atoms with van der Waals surface area (Å²) >= 11 is 0. The maximum Gasteiger partial charge on any atom is 0.0526 e. The van der Waals surface area contributed by atoms with E-state index in [0.717, 1.165) is 25.0 Å². The van der Waals surface area contributed by atoms with Crippen LogP contribution in [0.2, 0.25) is 0 Å². The molecule has 2 aliphatic rings. The van der Waals surface area contributed by atoms with Crippen LogP contribution in [0.3, 0.4) is 0 Å². The molecule has 0 unspecified atom stereocenters. The average Bonchev–Trinajstić information content (AvgIpc) is 2.23. The van der Waals surface area contributed by atoms with E-state index in [4.69, 9.17) is 4.74 Å². The molecule has 1 aliphatic heterocycles. The van der Waals surface area contributed by atoms with Crippen molar-refractivity contribution in [3.63, 3.8) is 0 Å². The Labute approximate surface area is 50.0 Å². The van der Waals surface area contributed by atoms with Gasteiger partial charge in [0, 0.05) is 0 Å². The molecule has 1 heterocycles. The van der Waals surface area contributed by atoms with Crippen molar-refractivity contribution < 1.29 is 4.74 Å². The average molecular weight is 112 g/mol. The fraction of sp³-hybridized carbons (Fsp3) is 1.00. The number of ether oxygens (including phenoxy) is 1. The van der Waals surface area contributed by atoms with E-state index in [-0.39, 0.29) is 0 Å². The summed E-state index contributed by atoms with van der Waals surface area (Å²) in [6.07, 6.45) is 0. The van der Waals surface area contributed by atoms with E-state index in [1.807, 2.05) is 0 Å². The SMILES string of the molecule is C[C@H]1[C@@H]2COC[C@]12C. The van der Waals surface area contributed by atoms with Gasteiger partial charge in [-0.1, -0.05) is 13.8 Å². The van der Waals surface area contributed by atoms with Gasteiger partial charge in [-0.15, -0.1) is 0 Å². The summed E-state index contributed by atoms with van der Waals surface area (Å²) < 4.78 is 5.28. The summed E-state index contributed by atoms with van der Waals surface area (Å²) in [5, 5.41) is 0. The van der Waals surface area contributed by atoms with Crippen molar-refractivity contribution in [1.82, 2.24) is 0 Å². The lowest BCUT2D eigenvalue weighted by Gasteiger charge is -2.02. The fourth-order valence-electron chi connectivity index (χ4n) is 1.89. The molecule has 1 aliphatic carbocycles. The Balaban J connectivity index is 2.18. The van der Waals surface area contributed by atoms with E-state index in [1.165, 1.54) is 0 Å². The highest BCUT2D eigenvalue weighted by Crippen LogP contribution is 2.61. The normalized spacial score (nSPS) is 60.8. The Bertz CT molecular complexity index is 122. The minimum absolute atomic E-state index is 0.597. The van der Waals surface area contributed by atoms with Crippen molar-refractivity contribution in [1.29, 1.82) is 0 Å². The highest BCUT2D eigenvalue weighted by atomic mass is 16.5. The minimum atomic E-state index is 0.597. The standard InChI is InChI=1S/C7H12O/c1-5-6-3-8-4-7(5,6)2/h5-6H,3-4H2,1-2H3/t5-,6-,7+/m0/s1. The highest BCUT2D eigenvalue weighted by molar-refractivity contribution is 5.08. The molecule has 0 amide bonds. The molecule has 0 aromatic rings. The Kier molecular flexibility index (Phi) is 0.663. The van der Waals surface area contributed by atoms with E-state index < -0.39 is 0 Å². The molecule has 3 atom stereocenters. The number of hydrogen-bond donors (Lipinski definition) is 0. The summed E-state index contributed by atoms with van der Waals surface area (Å²) in [5.41, 5.74) is 0.597. The van der Waals surface area contributed by atoms with E-state index in [1.54, 1.807) is 0 Å². The molecular weight excluding hydrogens is 100 g/mol. The van der Waals surface area contributed by atoms with Gasteiger partial charge in [0.15, 0.2) is 0 Å². The van der Waals surface area contributed by atoms with Crippen molar-refractivity contribution in [2.75, 3.05) is 13.2 Å². The lowest BCUT2D eigenvalue weighted by molar-refractivity contribution is 0.136. The molecule has 2 fully saturated rings. The predicted octanol–water partition coefficient (Wildman–Crippen LogP) is 1.29. The highest BCUT2D eigenvalue weighted by Gasteiger charge is 2.61. The second-order valence-electron chi connectivity index (χ2n) is 3.42. The van der Waals surface area contributed by atoms with Crippen LogP contribution in [0.25, 0.3) is 0 Å². The zero-order valence-electron chi connectivity index (χ0n) is 5.48. The van der Waals surface area contributed by atoms with Crippen LogP contribution in [-0.2, 0) is 4.74 Å². The van der Waals surface area contributed by atoms with Crippen LogP contribution >= 0.6 is 0 Å². The first kappa shape index (κ1) is 4.80. The lowest BCUT2D eigenvalue weighted by Crippen LogP contribution is -2.02. The summed E-state index contributed by atoms with van der Waals surface area (Å²) in [6.45, 7) is 6.69. The zero-order valence-corrected chi connectivity index (χ0v) is 5.48. The molecule has 0 aromatic carbocycles. The monoisotopic (exact) mass is 112 g/mol. The van der Waals surface area contributed by atoms with Crippen LogP contribution in [0, 0.1) is 17.3 Å². The quantitative estimate of drug-likeness (QED) is 0.459.